The molecule has 4 rings (SSSR count). The Hall–Kier alpha value is -1.66. The number of sulfonamides is 1. The lowest BCUT2D eigenvalue weighted by Crippen LogP contribution is -2.38. The molecule has 0 spiro atoms. The van der Waals surface area contributed by atoms with Crippen LogP contribution in [0.5, 0.6) is 0 Å². The van der Waals surface area contributed by atoms with Gasteiger partial charge >= 0.3 is 0 Å². The summed E-state index contributed by atoms with van der Waals surface area (Å²) in [5.74, 6) is 1.38. The van der Waals surface area contributed by atoms with E-state index in [0.29, 0.717) is 36.2 Å². The van der Waals surface area contributed by atoms with Crippen molar-refractivity contribution in [1.29, 1.82) is 0 Å². The number of carbonyl (C=O) groups is 1. The third kappa shape index (κ3) is 3.77. The highest BCUT2D eigenvalue weighted by Gasteiger charge is 2.30. The Morgan fingerprint density at radius 1 is 0.964 bits per heavy atom. The molecule has 2 fully saturated rings. The smallest absolute Gasteiger partial charge is 0.250 e. The molecule has 2 heterocycles. The fraction of sp³-hybridized carbons (Fsp3) is 0.591. The second-order valence-corrected chi connectivity index (χ2v) is 10.7. The molecule has 0 N–H and O–H groups in total. The molecule has 1 amide bonds. The third-order valence-electron chi connectivity index (χ3n) is 6.55. The Bertz CT molecular complexity index is 890. The van der Waals surface area contributed by atoms with Crippen molar-refractivity contribution in [1.82, 2.24) is 9.21 Å². The van der Waals surface area contributed by atoms with Gasteiger partial charge < -0.3 is 4.90 Å². The minimum absolute atomic E-state index is 0.109. The van der Waals surface area contributed by atoms with E-state index >= 15 is 0 Å². The average molecular weight is 403 g/mol. The van der Waals surface area contributed by atoms with Gasteiger partial charge in [0.15, 0.2) is 0 Å². The van der Waals surface area contributed by atoms with Gasteiger partial charge in [-0.2, -0.15) is 4.31 Å². The molecule has 152 valence electrons. The Labute approximate surface area is 168 Å². The number of rotatable bonds is 3. The molecular weight excluding hydrogens is 372 g/mol. The molecule has 28 heavy (non-hydrogen) atoms. The van der Waals surface area contributed by atoms with Crippen molar-refractivity contribution < 1.29 is 13.2 Å². The van der Waals surface area contributed by atoms with Crippen LogP contribution in [0.15, 0.2) is 28.7 Å². The first-order valence-corrected chi connectivity index (χ1v) is 11.9. The zero-order chi connectivity index (χ0) is 19.9. The predicted molar refractivity (Wildman–Crippen MR) is 110 cm³/mol. The van der Waals surface area contributed by atoms with Gasteiger partial charge in [-0.1, -0.05) is 19.9 Å². The number of fused-ring (bicyclic) bond motifs is 1. The first kappa shape index (κ1) is 19.6. The summed E-state index contributed by atoms with van der Waals surface area (Å²) in [6.45, 7) is 7.23. The summed E-state index contributed by atoms with van der Waals surface area (Å²) in [7, 11) is -3.46. The lowest BCUT2D eigenvalue weighted by Gasteiger charge is -2.30. The summed E-state index contributed by atoms with van der Waals surface area (Å²) in [4.78, 5) is 15.2. The largest absolute Gasteiger partial charge is 0.339 e. The van der Waals surface area contributed by atoms with Crippen molar-refractivity contribution in [2.24, 2.45) is 11.8 Å². The second-order valence-electron chi connectivity index (χ2n) is 8.77. The number of benzene rings is 1. The Balaban J connectivity index is 1.52. The molecule has 1 aromatic carbocycles. The summed E-state index contributed by atoms with van der Waals surface area (Å²) in [6.07, 6.45) is 6.44. The van der Waals surface area contributed by atoms with Crippen LogP contribution < -0.4 is 0 Å². The number of carbonyl (C=O) groups excluding carboxylic acids is 1. The van der Waals surface area contributed by atoms with E-state index in [0.717, 1.165) is 55.5 Å². The number of amides is 1. The molecule has 6 heteroatoms. The Morgan fingerprint density at radius 2 is 1.57 bits per heavy atom. The van der Waals surface area contributed by atoms with Crippen LogP contribution in [0.4, 0.5) is 0 Å². The number of nitrogens with zero attached hydrogens (tertiary/aromatic N) is 2. The Morgan fingerprint density at radius 3 is 2.21 bits per heavy atom. The third-order valence-corrected chi connectivity index (χ3v) is 8.45. The predicted octanol–water partition coefficient (Wildman–Crippen LogP) is 3.31. The van der Waals surface area contributed by atoms with Crippen molar-refractivity contribution in [3.8, 4) is 0 Å². The number of piperidine rings is 2. The average Bonchev–Trinajstić information content (AvgIpc) is 3.12. The molecule has 2 aliphatic heterocycles. The molecule has 5 nitrogen and oxygen atoms in total. The number of hydrogen-bond donors (Lipinski definition) is 0. The van der Waals surface area contributed by atoms with Gasteiger partial charge in [0.1, 0.15) is 0 Å². The maximum absolute atomic E-state index is 13.0. The molecule has 0 saturated carbocycles. The molecular formula is C22H30N2O3S. The Kier molecular flexibility index (Phi) is 5.36. The standard InChI is InChI=1S/C22H30N2O3S/c1-16-5-9-23(10-6-16)22(25)20-13-18-3-4-21(15-19(18)14-20)28(26,27)24-11-7-17(2)8-12-24/h3-4,14-17H,5-13H2,1-2H3. The van der Waals surface area contributed by atoms with Crippen molar-refractivity contribution in [2.45, 2.75) is 50.8 Å². The number of likely N-dealkylation sites (tertiary alicyclic amines) is 1. The highest BCUT2D eigenvalue weighted by atomic mass is 32.2. The maximum atomic E-state index is 13.0. The van der Waals surface area contributed by atoms with Gasteiger partial charge in [-0.3, -0.25) is 4.79 Å². The van der Waals surface area contributed by atoms with Crippen LogP contribution in [-0.4, -0.2) is 49.7 Å². The van der Waals surface area contributed by atoms with Crippen LogP contribution >= 0.6 is 0 Å². The fourth-order valence-electron chi connectivity index (χ4n) is 4.40. The minimum atomic E-state index is -3.46. The van der Waals surface area contributed by atoms with E-state index in [2.05, 4.69) is 13.8 Å². The van der Waals surface area contributed by atoms with Crippen LogP contribution in [0.25, 0.3) is 6.08 Å². The van der Waals surface area contributed by atoms with E-state index in [9.17, 15) is 13.2 Å². The summed E-state index contributed by atoms with van der Waals surface area (Å²) < 4.78 is 27.6. The maximum Gasteiger partial charge on any atom is 0.250 e. The molecule has 3 aliphatic rings. The zero-order valence-corrected chi connectivity index (χ0v) is 17.7. The van der Waals surface area contributed by atoms with E-state index in [-0.39, 0.29) is 5.91 Å². The summed E-state index contributed by atoms with van der Waals surface area (Å²) in [6, 6.07) is 5.33. The molecule has 0 aromatic heterocycles. The second kappa shape index (κ2) is 7.64. The van der Waals surface area contributed by atoms with Crippen LogP contribution in [0.1, 0.15) is 50.7 Å². The van der Waals surface area contributed by atoms with Crippen molar-refractivity contribution in [3.05, 3.63) is 34.9 Å². The molecule has 2 saturated heterocycles. The van der Waals surface area contributed by atoms with Crippen molar-refractivity contribution >= 4 is 22.0 Å². The van der Waals surface area contributed by atoms with Crippen LogP contribution in [0.3, 0.4) is 0 Å². The lowest BCUT2D eigenvalue weighted by molar-refractivity contribution is -0.128. The molecule has 0 radical (unpaired) electrons. The van der Waals surface area contributed by atoms with E-state index in [1.165, 1.54) is 0 Å². The highest BCUT2D eigenvalue weighted by Crippen LogP contribution is 2.31. The van der Waals surface area contributed by atoms with Crippen molar-refractivity contribution in [3.63, 3.8) is 0 Å². The normalized spacial score (nSPS) is 22.2. The van der Waals surface area contributed by atoms with Gasteiger partial charge in [-0.25, -0.2) is 8.42 Å². The zero-order valence-electron chi connectivity index (χ0n) is 16.9. The fourth-order valence-corrected chi connectivity index (χ4v) is 5.90. The molecule has 1 aromatic rings. The lowest BCUT2D eigenvalue weighted by atomic mass is 9.98. The van der Waals surface area contributed by atoms with Crippen LogP contribution in [0.2, 0.25) is 0 Å². The van der Waals surface area contributed by atoms with E-state index in [4.69, 9.17) is 0 Å². The quantitative estimate of drug-likeness (QED) is 0.779. The molecule has 0 atom stereocenters. The van der Waals surface area contributed by atoms with Gasteiger partial charge in [0, 0.05) is 38.2 Å². The molecule has 0 unspecified atom stereocenters. The topological polar surface area (TPSA) is 57.7 Å². The van der Waals surface area contributed by atoms with E-state index in [1.54, 1.807) is 16.4 Å². The summed E-state index contributed by atoms with van der Waals surface area (Å²) in [5.41, 5.74) is 2.70. The summed E-state index contributed by atoms with van der Waals surface area (Å²) >= 11 is 0. The monoisotopic (exact) mass is 402 g/mol. The number of hydrogen-bond acceptors (Lipinski definition) is 3. The van der Waals surface area contributed by atoms with Crippen molar-refractivity contribution in [2.75, 3.05) is 26.2 Å². The molecule has 1 aliphatic carbocycles. The highest BCUT2D eigenvalue weighted by molar-refractivity contribution is 7.89. The SMILES string of the molecule is CC1CCN(C(=O)C2=Cc3cc(S(=O)(=O)N4CCC(C)CC4)ccc3C2)CC1. The van der Waals surface area contributed by atoms with Gasteiger partial charge in [0.05, 0.1) is 4.90 Å². The van der Waals surface area contributed by atoms with Gasteiger partial charge in [0.25, 0.3) is 0 Å². The van der Waals surface area contributed by atoms with Crippen LogP contribution in [0, 0.1) is 11.8 Å². The first-order chi connectivity index (χ1) is 13.3. The van der Waals surface area contributed by atoms with E-state index in [1.807, 2.05) is 17.0 Å². The van der Waals surface area contributed by atoms with Crippen LogP contribution in [-0.2, 0) is 21.2 Å². The van der Waals surface area contributed by atoms with Gasteiger partial charge in [0.2, 0.25) is 15.9 Å². The first-order valence-electron chi connectivity index (χ1n) is 10.5. The minimum Gasteiger partial charge on any atom is -0.339 e. The van der Waals surface area contributed by atoms with E-state index < -0.39 is 10.0 Å². The summed E-state index contributed by atoms with van der Waals surface area (Å²) in [5, 5.41) is 0. The molecule has 0 bridgehead atoms. The van der Waals surface area contributed by atoms with Gasteiger partial charge in [-0.15, -0.1) is 0 Å². The van der Waals surface area contributed by atoms with Gasteiger partial charge in [-0.05, 0) is 66.9 Å².